The molecule has 0 bridgehead atoms. The predicted octanol–water partition coefficient (Wildman–Crippen LogP) is 3.93. The SMILES string of the molecule is CCN(CC)c1ccc(N=Nc2sc3nc4ccc([N+](=O)[O-])cc4nc3[n+]2C)cc1.COS(=O)(=O)[O-]. The van der Waals surface area contributed by atoms with Crippen LogP contribution in [0.15, 0.2) is 52.7 Å². The van der Waals surface area contributed by atoms with Crippen molar-refractivity contribution in [3.05, 3.63) is 52.6 Å². The number of aromatic nitrogens is 3. The first-order valence-electron chi connectivity index (χ1n) is 10.6. The van der Waals surface area contributed by atoms with Gasteiger partial charge in [-0.15, -0.1) is 0 Å². The molecule has 0 saturated heterocycles. The van der Waals surface area contributed by atoms with E-state index in [-0.39, 0.29) is 5.69 Å². The van der Waals surface area contributed by atoms with Crippen LogP contribution >= 0.6 is 11.3 Å². The molecule has 15 heteroatoms. The molecule has 0 N–H and O–H groups in total. The van der Waals surface area contributed by atoms with Gasteiger partial charge in [-0.05, 0) is 55.5 Å². The summed E-state index contributed by atoms with van der Waals surface area (Å²) in [4.78, 5) is 22.7. The molecule has 13 nitrogen and oxygen atoms in total. The summed E-state index contributed by atoms with van der Waals surface area (Å²) >= 11 is 1.37. The van der Waals surface area contributed by atoms with Crippen molar-refractivity contribution in [1.29, 1.82) is 0 Å². The van der Waals surface area contributed by atoms with Gasteiger partial charge in [0, 0.05) is 30.0 Å². The molecule has 2 aromatic heterocycles. The molecule has 2 heterocycles. The molecule has 190 valence electrons. The van der Waals surface area contributed by atoms with E-state index < -0.39 is 15.3 Å². The molecule has 4 aromatic rings. The van der Waals surface area contributed by atoms with Gasteiger partial charge in [-0.2, -0.15) is 0 Å². The van der Waals surface area contributed by atoms with Crippen molar-refractivity contribution in [2.45, 2.75) is 13.8 Å². The fourth-order valence-corrected chi connectivity index (χ4v) is 4.07. The summed E-state index contributed by atoms with van der Waals surface area (Å²) in [5.41, 5.74) is 3.58. The van der Waals surface area contributed by atoms with Crippen molar-refractivity contribution in [2.75, 3.05) is 25.1 Å². The molecule has 0 fully saturated rings. The molecule has 0 unspecified atom stereocenters. The van der Waals surface area contributed by atoms with Gasteiger partial charge >= 0.3 is 10.8 Å². The van der Waals surface area contributed by atoms with E-state index in [4.69, 9.17) is 0 Å². The summed E-state index contributed by atoms with van der Waals surface area (Å²) < 4.78 is 32.8. The Hall–Kier alpha value is -3.66. The van der Waals surface area contributed by atoms with Crippen molar-refractivity contribution >= 4 is 65.4 Å². The van der Waals surface area contributed by atoms with E-state index in [0.717, 1.165) is 31.6 Å². The summed E-state index contributed by atoms with van der Waals surface area (Å²) in [6.07, 6.45) is 0. The van der Waals surface area contributed by atoms with Crippen LogP contribution in [0, 0.1) is 10.1 Å². The highest BCUT2D eigenvalue weighted by molar-refractivity contribution is 7.80. The number of nitro benzene ring substituents is 1. The lowest BCUT2D eigenvalue weighted by Gasteiger charge is -2.20. The zero-order valence-electron chi connectivity index (χ0n) is 19.9. The van der Waals surface area contributed by atoms with E-state index in [9.17, 15) is 23.1 Å². The van der Waals surface area contributed by atoms with E-state index in [0.29, 0.717) is 26.6 Å². The molecule has 36 heavy (non-hydrogen) atoms. The molecular weight excluding hydrogens is 510 g/mol. The van der Waals surface area contributed by atoms with Crippen molar-refractivity contribution in [3.8, 4) is 0 Å². The molecule has 2 aromatic carbocycles. The zero-order valence-corrected chi connectivity index (χ0v) is 21.5. The molecule has 4 rings (SSSR count). The largest absolute Gasteiger partial charge is 0.726 e. The molecular formula is C21H23N7O6S2. The van der Waals surface area contributed by atoms with Gasteiger partial charge < -0.3 is 9.45 Å². The first-order chi connectivity index (χ1) is 17.1. The fraction of sp³-hybridized carbons (Fsp3) is 0.286. The molecule has 0 radical (unpaired) electrons. The van der Waals surface area contributed by atoms with Crippen LogP contribution in [-0.2, 0) is 21.6 Å². The Bertz CT molecular complexity index is 1520. The van der Waals surface area contributed by atoms with Gasteiger partial charge in [0.1, 0.15) is 11.2 Å². The summed E-state index contributed by atoms with van der Waals surface area (Å²) in [5, 5.41) is 20.4. The topological polar surface area (TPSA) is 167 Å². The summed E-state index contributed by atoms with van der Waals surface area (Å²) in [5.74, 6) is 0. The minimum absolute atomic E-state index is 0.0119. The van der Waals surface area contributed by atoms with Gasteiger partial charge in [0.2, 0.25) is 10.4 Å². The quantitative estimate of drug-likeness (QED) is 0.0853. The zero-order chi connectivity index (χ0) is 26.5. The average Bonchev–Trinajstić information content (AvgIpc) is 3.16. The number of thiazole rings is 1. The minimum atomic E-state index is -4.41. The monoisotopic (exact) mass is 533 g/mol. The lowest BCUT2D eigenvalue weighted by Crippen LogP contribution is -2.26. The Morgan fingerprint density at radius 3 is 2.28 bits per heavy atom. The molecule has 0 aliphatic rings. The number of hydrogen-bond donors (Lipinski definition) is 0. The van der Waals surface area contributed by atoms with Gasteiger partial charge in [0.15, 0.2) is 10.3 Å². The van der Waals surface area contributed by atoms with Crippen LogP contribution in [0.5, 0.6) is 0 Å². The van der Waals surface area contributed by atoms with Gasteiger partial charge in [-0.3, -0.25) is 14.3 Å². The van der Waals surface area contributed by atoms with E-state index in [1.54, 1.807) is 10.6 Å². The number of anilines is 1. The summed E-state index contributed by atoms with van der Waals surface area (Å²) in [7, 11) is -1.78. The maximum atomic E-state index is 11.0. The Labute approximate surface area is 210 Å². The smallest absolute Gasteiger partial charge is 0.347 e. The molecule has 0 aliphatic carbocycles. The highest BCUT2D eigenvalue weighted by Crippen LogP contribution is 2.28. The van der Waals surface area contributed by atoms with Gasteiger partial charge in [-0.25, -0.2) is 18.0 Å². The van der Waals surface area contributed by atoms with Crippen molar-refractivity contribution in [3.63, 3.8) is 0 Å². The standard InChI is InChI=1S/C20H20N7O2S.CH4O4S/c1-4-26(5-2)14-8-6-13(7-9-14)23-24-20-25(3)18-19(30-20)22-16-11-10-15(27(28)29)12-17(16)21-18;1-5-6(2,3)4/h6-12H,4-5H2,1-3H3;1H3,(H,2,3,4)/q+1;/p-1. The number of benzene rings is 2. The third-order valence-corrected chi connectivity index (χ3v) is 6.45. The second-order valence-corrected chi connectivity index (χ2v) is 9.30. The van der Waals surface area contributed by atoms with Crippen molar-refractivity contribution < 1.29 is 26.6 Å². The maximum Gasteiger partial charge on any atom is 0.347 e. The Morgan fingerprint density at radius 2 is 1.72 bits per heavy atom. The Kier molecular flexibility index (Phi) is 8.52. The van der Waals surface area contributed by atoms with Crippen molar-refractivity contribution in [2.24, 2.45) is 17.3 Å². The Morgan fingerprint density at radius 1 is 1.08 bits per heavy atom. The highest BCUT2D eigenvalue weighted by atomic mass is 32.3. The van der Waals surface area contributed by atoms with E-state index in [1.165, 1.54) is 23.5 Å². The number of hydrogen-bond acceptors (Lipinski definition) is 12. The average molecular weight is 534 g/mol. The highest BCUT2D eigenvalue weighted by Gasteiger charge is 2.20. The maximum absolute atomic E-state index is 11.0. The molecule has 0 amide bonds. The van der Waals surface area contributed by atoms with E-state index in [1.807, 2.05) is 31.3 Å². The first kappa shape index (κ1) is 26.9. The van der Waals surface area contributed by atoms with Crippen molar-refractivity contribution in [1.82, 2.24) is 9.97 Å². The van der Waals surface area contributed by atoms with Crippen LogP contribution in [0.1, 0.15) is 13.8 Å². The van der Waals surface area contributed by atoms with Gasteiger partial charge in [0.05, 0.1) is 25.1 Å². The lowest BCUT2D eigenvalue weighted by molar-refractivity contribution is -0.629. The predicted molar refractivity (Wildman–Crippen MR) is 134 cm³/mol. The van der Waals surface area contributed by atoms with Crippen LogP contribution in [0.3, 0.4) is 0 Å². The minimum Gasteiger partial charge on any atom is -0.726 e. The number of nitro groups is 1. The number of nitrogens with zero attached hydrogens (tertiary/aromatic N) is 7. The van der Waals surface area contributed by atoms with Crippen LogP contribution in [-0.4, -0.2) is 48.1 Å². The van der Waals surface area contributed by atoms with Gasteiger partial charge in [0.25, 0.3) is 5.69 Å². The van der Waals surface area contributed by atoms with Crippen LogP contribution in [0.2, 0.25) is 0 Å². The van der Waals surface area contributed by atoms with E-state index in [2.05, 4.69) is 43.1 Å². The molecule has 0 saturated carbocycles. The van der Waals surface area contributed by atoms with Crippen LogP contribution in [0.25, 0.3) is 21.5 Å². The van der Waals surface area contributed by atoms with Crippen LogP contribution < -0.4 is 9.47 Å². The molecule has 0 spiro atoms. The summed E-state index contributed by atoms with van der Waals surface area (Å²) in [6.45, 7) is 6.16. The van der Waals surface area contributed by atoms with Crippen LogP contribution in [0.4, 0.5) is 22.2 Å². The normalized spacial score (nSPS) is 11.6. The molecule has 0 aliphatic heterocycles. The number of aryl methyl sites for hydroxylation is 1. The fourth-order valence-electron chi connectivity index (χ4n) is 3.17. The second kappa shape index (κ2) is 11.4. The lowest BCUT2D eigenvalue weighted by atomic mass is 10.2. The van der Waals surface area contributed by atoms with Gasteiger partial charge in [-0.1, -0.05) is 10.1 Å². The number of fused-ring (bicyclic) bond motifs is 2. The molecule has 0 atom stereocenters. The third-order valence-electron chi connectivity index (χ3n) is 5.04. The number of azo groups is 1. The number of rotatable bonds is 7. The first-order valence-corrected chi connectivity index (χ1v) is 12.7. The third kappa shape index (κ3) is 6.51. The number of non-ortho nitro benzene ring substituents is 1. The second-order valence-electron chi connectivity index (χ2n) is 7.19. The summed E-state index contributed by atoms with van der Waals surface area (Å²) in [6, 6.07) is 12.4. The van der Waals surface area contributed by atoms with E-state index >= 15 is 0 Å². The Balaban J connectivity index is 0.000000538.